The number of aryl methyl sites for hydroxylation is 2. The largest absolute Gasteiger partial charge is 0.382 e. The second-order valence-electron chi connectivity index (χ2n) is 24.3. The van der Waals surface area contributed by atoms with Crippen LogP contribution >= 0.6 is 23.5 Å². The Morgan fingerprint density at radius 2 is 1.44 bits per heavy atom. The molecule has 6 heterocycles. The number of carbonyl (C=O) groups is 6. The number of nitrogens with zero attached hydrogens (tertiary/aromatic N) is 4. The van der Waals surface area contributed by atoms with Gasteiger partial charge in [-0.25, -0.2) is 9.97 Å². The van der Waals surface area contributed by atoms with E-state index < -0.39 is 28.0 Å². The quantitative estimate of drug-likeness (QED) is 0.0406. The number of imidazole rings is 1. The summed E-state index contributed by atoms with van der Waals surface area (Å²) in [5, 5.41) is 13.6. The number of ketones is 2. The maximum absolute atomic E-state index is 15.2. The Labute approximate surface area is 482 Å². The molecule has 5 fully saturated rings. The van der Waals surface area contributed by atoms with E-state index in [0.29, 0.717) is 69.1 Å². The number of carbonyl (C=O) groups excluding carboxylic acids is 6. The minimum Gasteiger partial charge on any atom is -0.382 e. The lowest BCUT2D eigenvalue weighted by Gasteiger charge is -2.62. The Balaban J connectivity index is 0.641. The molecule has 9 atom stereocenters. The number of hydrogen-bond donors (Lipinski definition) is 5. The van der Waals surface area contributed by atoms with Crippen molar-refractivity contribution in [1.29, 1.82) is 0 Å². The smallest absolute Gasteiger partial charge is 0.243 e. The number of anilines is 1. The van der Waals surface area contributed by atoms with Gasteiger partial charge in [0.15, 0.2) is 17.4 Å². The number of allylic oxidation sites excluding steroid dienone is 2. The predicted molar refractivity (Wildman–Crippen MR) is 321 cm³/mol. The highest BCUT2D eigenvalue weighted by molar-refractivity contribution is 8.05. The average molecular weight is 1130 g/mol. The van der Waals surface area contributed by atoms with Crippen LogP contribution in [0.1, 0.15) is 180 Å². The van der Waals surface area contributed by atoms with Gasteiger partial charge in [0, 0.05) is 80.3 Å². The zero-order chi connectivity index (χ0) is 55.8. The Kier molecular flexibility index (Phi) is 19.9. The summed E-state index contributed by atoms with van der Waals surface area (Å²) in [4.78, 5) is 95.1. The van der Waals surface area contributed by atoms with E-state index in [1.165, 1.54) is 77.2 Å². The highest BCUT2D eigenvalue weighted by Crippen LogP contribution is 2.66. The van der Waals surface area contributed by atoms with Gasteiger partial charge in [-0.3, -0.25) is 39.0 Å². The molecule has 80 heavy (non-hydrogen) atoms. The maximum Gasteiger partial charge on any atom is 0.243 e. The molecular weight excluding hydrogens is 1040 g/mol. The molecule has 6 N–H and O–H groups in total. The molecule has 4 amide bonds. The summed E-state index contributed by atoms with van der Waals surface area (Å²) in [5.41, 5.74) is 12.4. The highest BCUT2D eigenvalue weighted by atomic mass is 32.2. The van der Waals surface area contributed by atoms with Gasteiger partial charge in [-0.05, 0) is 115 Å². The van der Waals surface area contributed by atoms with Crippen molar-refractivity contribution in [3.8, 4) is 0 Å². The average Bonchev–Trinajstić information content (AvgIpc) is 3.07. The zero-order valence-electron chi connectivity index (χ0n) is 47.8. The number of nitrogens with two attached hydrogens (primary N) is 1. The normalized spacial score (nSPS) is 29.0. The summed E-state index contributed by atoms with van der Waals surface area (Å²) in [6, 6.07) is 7.10. The number of nitrogens with one attached hydrogen (secondary N) is 4. The van der Waals surface area contributed by atoms with Gasteiger partial charge in [0.05, 0.1) is 28.5 Å². The van der Waals surface area contributed by atoms with Gasteiger partial charge in [0.2, 0.25) is 23.6 Å². The van der Waals surface area contributed by atoms with Crippen LogP contribution in [0.3, 0.4) is 0 Å². The number of hydrogen-bond acceptors (Lipinski definition) is 13. The fraction of sp³-hybridized carbons (Fsp3) is 0.683. The molecule has 15 nitrogen and oxygen atoms in total. The molecule has 1 spiro atoms. The number of unbranched alkanes of at least 4 members (excludes halogenated alkanes) is 6. The van der Waals surface area contributed by atoms with Crippen molar-refractivity contribution in [2.75, 3.05) is 36.9 Å². The number of amides is 4. The van der Waals surface area contributed by atoms with E-state index in [1.807, 2.05) is 18.2 Å². The molecule has 3 aromatic rings. The third-order valence-corrected chi connectivity index (χ3v) is 21.8. The van der Waals surface area contributed by atoms with Crippen molar-refractivity contribution in [3.63, 3.8) is 0 Å². The van der Waals surface area contributed by atoms with Crippen LogP contribution in [0.25, 0.3) is 21.9 Å². The van der Waals surface area contributed by atoms with Gasteiger partial charge in [0.25, 0.3) is 0 Å². The lowest BCUT2D eigenvalue weighted by Crippen LogP contribution is -2.72. The highest BCUT2D eigenvalue weighted by Gasteiger charge is 2.74. The van der Waals surface area contributed by atoms with Crippen molar-refractivity contribution in [1.82, 2.24) is 40.7 Å². The molecule has 2 aromatic heterocycles. The van der Waals surface area contributed by atoms with Crippen LogP contribution in [0.5, 0.6) is 0 Å². The number of imide groups is 1. The molecule has 1 saturated carbocycles. The first-order chi connectivity index (χ1) is 39.0. The lowest BCUT2D eigenvalue weighted by atomic mass is 9.43. The predicted octanol–water partition coefficient (Wildman–Crippen LogP) is 9.62. The van der Waals surface area contributed by atoms with Crippen molar-refractivity contribution in [2.24, 2.45) is 17.3 Å². The monoisotopic (exact) mass is 1130 g/mol. The number of piperidine rings is 1. The zero-order valence-corrected chi connectivity index (χ0v) is 49.4. The second-order valence-corrected chi connectivity index (χ2v) is 26.6. The summed E-state index contributed by atoms with van der Waals surface area (Å²) < 4.78 is 2.30. The van der Waals surface area contributed by atoms with Crippen LogP contribution in [-0.4, -0.2) is 120 Å². The van der Waals surface area contributed by atoms with Crippen LogP contribution in [0.15, 0.2) is 47.1 Å². The molecule has 3 aliphatic carbocycles. The van der Waals surface area contributed by atoms with Crippen LogP contribution in [0, 0.1) is 17.3 Å². The van der Waals surface area contributed by atoms with Crippen LogP contribution in [0.2, 0.25) is 0 Å². The van der Waals surface area contributed by atoms with Crippen molar-refractivity contribution in [2.45, 2.75) is 222 Å². The molecule has 7 bridgehead atoms. The number of Topliss-reactive ketones (excluding diaryl/α,β-unsaturated/α-hetero) is 2. The first-order valence-electron chi connectivity index (χ1n) is 31.1. The Morgan fingerprint density at radius 1 is 0.762 bits per heavy atom. The van der Waals surface area contributed by atoms with Crippen LogP contribution in [0.4, 0.5) is 5.82 Å². The summed E-state index contributed by atoms with van der Waals surface area (Å²) in [5.74, 6) is 1.98. The number of fused-ring (bicyclic) bond motifs is 7. The Bertz CT molecular complexity index is 2830. The van der Waals surface area contributed by atoms with Gasteiger partial charge in [0.1, 0.15) is 21.8 Å². The Hall–Kier alpha value is -4.58. The second kappa shape index (κ2) is 27.2. The fourth-order valence-electron chi connectivity index (χ4n) is 14.8. The summed E-state index contributed by atoms with van der Waals surface area (Å²) in [6.45, 7) is 6.71. The summed E-state index contributed by atoms with van der Waals surface area (Å²) in [6.07, 6.45) is 26.6. The number of likely N-dealkylation sites (tertiary alicyclic amines) is 1. The van der Waals surface area contributed by atoms with Crippen molar-refractivity contribution in [3.05, 3.63) is 52.9 Å². The third kappa shape index (κ3) is 12.4. The van der Waals surface area contributed by atoms with Gasteiger partial charge < -0.3 is 26.3 Å². The van der Waals surface area contributed by atoms with E-state index in [2.05, 4.69) is 56.8 Å². The topological polar surface area (TPSA) is 211 Å². The SMILES string of the molecule is CCCCc1nc2c(N)nc3ccccc3c2n1CCCCNC(=O)CCCCCNC(=O)CCCCCN1C(=O)C2SCC3NC4CC5=C6CCCC/C=C(/C)CCCCCCCCC4C(C3=O)C53C(=O)C(CSC2C1=O)NC63. The number of pyridine rings is 1. The van der Waals surface area contributed by atoms with Crippen molar-refractivity contribution < 1.29 is 28.8 Å². The molecule has 4 aliphatic heterocycles. The van der Waals surface area contributed by atoms with E-state index in [9.17, 15) is 19.2 Å². The summed E-state index contributed by atoms with van der Waals surface area (Å²) >= 11 is 2.91. The molecule has 1 aromatic carbocycles. The number of aromatic nitrogens is 3. The number of rotatable bonds is 20. The maximum atomic E-state index is 15.2. The minimum absolute atomic E-state index is 0.0186. The first-order valence-corrected chi connectivity index (χ1v) is 33.2. The molecule has 4 saturated heterocycles. The number of thioether (sulfide) groups is 2. The van der Waals surface area contributed by atoms with Gasteiger partial charge in [-0.15, -0.1) is 23.5 Å². The van der Waals surface area contributed by atoms with Crippen LogP contribution in [-0.2, 0) is 41.7 Å². The number of benzene rings is 1. The lowest BCUT2D eigenvalue weighted by molar-refractivity contribution is -0.148. The Morgan fingerprint density at radius 3 is 2.20 bits per heavy atom. The molecule has 10 rings (SSSR count). The van der Waals surface area contributed by atoms with E-state index >= 15 is 9.59 Å². The van der Waals surface area contributed by atoms with Gasteiger partial charge in [-0.1, -0.05) is 99.3 Å². The third-order valence-electron chi connectivity index (χ3n) is 18.9. The number of para-hydroxylation sites is 1. The van der Waals surface area contributed by atoms with Gasteiger partial charge in [-0.2, -0.15) is 0 Å². The molecule has 17 heteroatoms. The standard InChI is InChI=1S/C63H89N9O6S2/c1-3-4-30-49-70-53-54(43-28-18-19-29-45(43)69-60(53)64)71(49)35-23-21-34-66-50(73)31-16-10-20-33-65-51(74)32-17-11-22-36-72-61(77)56-57(62(72)78)80-39-48-59(76)63-44-37-46-42(52(63)55(75)47(67-46)38-79-56)27-14-8-6-5-7-12-24-40(2)25-13-9-15-26-41(44)58(63)68-48/h18-19,25,28-29,42,46-48,52,56-58,67-68H,3-17,20-24,26-27,30-39H2,1-2H3,(H2,64,69)(H,65,74)(H,66,73)/b40-25-. The fourth-order valence-corrected chi connectivity index (χ4v) is 17.7. The van der Waals surface area contributed by atoms with E-state index in [0.717, 1.165) is 137 Å². The van der Waals surface area contributed by atoms with Crippen LogP contribution < -0.4 is 27.0 Å². The molecule has 434 valence electrons. The molecule has 0 radical (unpaired) electrons. The van der Waals surface area contributed by atoms with E-state index in [-0.39, 0.29) is 59.1 Å². The minimum atomic E-state index is -0.785. The molecule has 7 aliphatic rings. The van der Waals surface area contributed by atoms with Crippen molar-refractivity contribution >= 4 is 86.5 Å². The molecular formula is C63H89N9O6S2. The van der Waals surface area contributed by atoms with Gasteiger partial charge >= 0.3 is 0 Å². The van der Waals surface area contributed by atoms with E-state index in [4.69, 9.17) is 10.7 Å². The first kappa shape index (κ1) is 58.6. The number of nitrogen functional groups attached to an aromatic ring is 1. The summed E-state index contributed by atoms with van der Waals surface area (Å²) in [7, 11) is 0. The van der Waals surface area contributed by atoms with E-state index in [1.54, 1.807) is 0 Å². The molecule has 9 unspecified atom stereocenters.